The van der Waals surface area contributed by atoms with Crippen molar-refractivity contribution >= 4 is 87.0 Å². The summed E-state index contributed by atoms with van der Waals surface area (Å²) in [6.07, 6.45) is 3.95. The van der Waals surface area contributed by atoms with Crippen molar-refractivity contribution in [3.63, 3.8) is 0 Å². The largest absolute Gasteiger partial charge is 0.494 e. The van der Waals surface area contributed by atoms with E-state index in [1.807, 2.05) is 24.3 Å². The third kappa shape index (κ3) is 14.3. The predicted molar refractivity (Wildman–Crippen MR) is 202 cm³/mol. The van der Waals surface area contributed by atoms with E-state index in [0.29, 0.717) is 24.6 Å². The van der Waals surface area contributed by atoms with E-state index in [4.69, 9.17) is 9.47 Å². The molecule has 2 rings (SSSR count). The van der Waals surface area contributed by atoms with Crippen LogP contribution in [0.25, 0.3) is 0 Å². The fourth-order valence-electron chi connectivity index (χ4n) is 4.82. The van der Waals surface area contributed by atoms with Crippen molar-refractivity contribution in [3.8, 4) is 11.5 Å². The molecule has 4 N–H and O–H groups in total. The van der Waals surface area contributed by atoms with Crippen molar-refractivity contribution < 1.29 is 29.5 Å². The number of hydrogen-bond acceptors (Lipinski definition) is 10. The van der Waals surface area contributed by atoms with Gasteiger partial charge in [-0.1, -0.05) is 10.3 Å². The molecule has 16 heteroatoms. The minimum Gasteiger partial charge on any atom is -0.494 e. The molecule has 0 spiro atoms. The summed E-state index contributed by atoms with van der Waals surface area (Å²) in [5.41, 5.74) is 1.66. The minimum atomic E-state index is -0.400. The van der Waals surface area contributed by atoms with Gasteiger partial charge in [-0.3, -0.25) is 9.59 Å². The van der Waals surface area contributed by atoms with Crippen LogP contribution in [0.2, 0.25) is 0 Å². The number of rotatable bonds is 21. The molecule has 0 aliphatic heterocycles. The van der Waals surface area contributed by atoms with E-state index in [2.05, 4.69) is 109 Å². The number of ether oxygens (including phenoxy) is 2. The zero-order valence-corrected chi connectivity index (χ0v) is 34.0. The van der Waals surface area contributed by atoms with E-state index >= 15 is 0 Å². The number of methoxy groups -OCH3 is 2. The van der Waals surface area contributed by atoms with Gasteiger partial charge in [-0.15, -0.1) is 0 Å². The van der Waals surface area contributed by atoms with Crippen LogP contribution in [0, 0.1) is 0 Å². The van der Waals surface area contributed by atoms with E-state index < -0.39 is 11.8 Å². The Labute approximate surface area is 316 Å². The molecule has 12 nitrogen and oxygen atoms in total. The zero-order valence-electron chi connectivity index (χ0n) is 27.6. The first kappa shape index (κ1) is 41.9. The van der Waals surface area contributed by atoms with Gasteiger partial charge < -0.3 is 40.3 Å². The second kappa shape index (κ2) is 22.5. The average molecular weight is 928 g/mol. The molecule has 2 aromatic carbocycles. The first-order valence-corrected chi connectivity index (χ1v) is 18.5. The van der Waals surface area contributed by atoms with Gasteiger partial charge in [0.25, 0.3) is 11.8 Å². The third-order valence-corrected chi connectivity index (χ3v) is 9.72. The average Bonchev–Trinajstić information content (AvgIpc) is 3.04. The quantitative estimate of drug-likeness (QED) is 0.0528. The third-order valence-electron chi connectivity index (χ3n) is 7.37. The Bertz CT molecular complexity index is 1280. The molecule has 266 valence electrons. The Morgan fingerprint density at radius 3 is 1.25 bits per heavy atom. The van der Waals surface area contributed by atoms with Gasteiger partial charge in [0.1, 0.15) is 22.9 Å². The minimum absolute atomic E-state index is 0.0365. The second-order valence-electron chi connectivity index (χ2n) is 11.2. The lowest BCUT2D eigenvalue weighted by Crippen LogP contribution is -2.35. The fraction of sp³-hybridized carbons (Fsp3) is 0.500. The molecule has 0 aliphatic carbocycles. The SMILES string of the molecule is COc1c(Br)cc(C/C(=N/O)C(=O)NCCCN(C)CCCCN(C)CCCNC(=O)/C(Cc2cc(Br)c(OC)c(Br)c2)=N\O)cc1Br. The van der Waals surface area contributed by atoms with Crippen molar-refractivity contribution in [3.05, 3.63) is 53.3 Å². The molecule has 2 aromatic rings. The molecule has 48 heavy (non-hydrogen) atoms. The maximum atomic E-state index is 12.6. The number of nitrogens with zero attached hydrogens (tertiary/aromatic N) is 4. The van der Waals surface area contributed by atoms with Crippen LogP contribution < -0.4 is 20.1 Å². The molecule has 0 fully saturated rings. The van der Waals surface area contributed by atoms with Gasteiger partial charge in [0.2, 0.25) is 0 Å². The number of carbonyl (C=O) groups excluding carboxylic acids is 2. The van der Waals surface area contributed by atoms with Crippen molar-refractivity contribution in [1.29, 1.82) is 0 Å². The van der Waals surface area contributed by atoms with Crippen LogP contribution in [0.4, 0.5) is 0 Å². The highest BCUT2D eigenvalue weighted by Gasteiger charge is 2.17. The first-order chi connectivity index (χ1) is 22.9. The molecule has 0 atom stereocenters. The number of unbranched alkanes of at least 4 members (excludes halogenated alkanes) is 1. The molecule has 0 unspecified atom stereocenters. The van der Waals surface area contributed by atoms with E-state index in [0.717, 1.165) is 80.9 Å². The summed E-state index contributed by atoms with van der Waals surface area (Å²) >= 11 is 13.8. The van der Waals surface area contributed by atoms with E-state index in [9.17, 15) is 20.0 Å². The summed E-state index contributed by atoms with van der Waals surface area (Å²) in [6, 6.07) is 7.30. The molecule has 2 amide bonds. The molecular formula is C32H44Br4N6O6. The van der Waals surface area contributed by atoms with Crippen molar-refractivity contribution in [1.82, 2.24) is 20.4 Å². The van der Waals surface area contributed by atoms with Crippen LogP contribution in [0.1, 0.15) is 36.8 Å². The molecule has 0 bridgehead atoms. The molecule has 0 saturated carbocycles. The maximum absolute atomic E-state index is 12.6. The maximum Gasteiger partial charge on any atom is 0.269 e. The molecule has 0 saturated heterocycles. The standard InChI is InChI=1S/C32H44Br4N6O6/c1-41(13-7-9-37-31(43)27(39-45)19-21-15-23(33)29(47-3)24(34)16-21)11-5-6-12-42(2)14-8-10-38-32(44)28(40-46)20-22-17-25(35)30(48-4)26(36)18-22/h15-18,45-46H,5-14,19-20H2,1-4H3,(H,37,43)(H,38,44)/b39-27-,40-28-. The van der Waals surface area contributed by atoms with Gasteiger partial charge in [-0.25, -0.2) is 0 Å². The van der Waals surface area contributed by atoms with Gasteiger partial charge in [-0.05, 0) is 165 Å². The highest BCUT2D eigenvalue weighted by molar-refractivity contribution is 9.11. The van der Waals surface area contributed by atoms with Crippen molar-refractivity contribution in [2.45, 2.75) is 38.5 Å². The number of oxime groups is 2. The van der Waals surface area contributed by atoms with E-state index in [1.165, 1.54) is 0 Å². The Hall–Kier alpha value is -2.24. The molecular weight excluding hydrogens is 884 g/mol. The molecule has 0 heterocycles. The first-order valence-electron chi connectivity index (χ1n) is 15.3. The highest BCUT2D eigenvalue weighted by Crippen LogP contribution is 2.35. The molecule has 0 aromatic heterocycles. The van der Waals surface area contributed by atoms with Crippen LogP contribution in [0.3, 0.4) is 0 Å². The lowest BCUT2D eigenvalue weighted by molar-refractivity contribution is -0.115. The number of hydrogen-bond donors (Lipinski definition) is 4. The van der Waals surface area contributed by atoms with Crippen LogP contribution in [-0.4, -0.2) is 111 Å². The second-order valence-corrected chi connectivity index (χ2v) is 14.6. The summed E-state index contributed by atoms with van der Waals surface area (Å²) < 4.78 is 13.5. The summed E-state index contributed by atoms with van der Waals surface area (Å²) in [4.78, 5) is 29.6. The number of carbonyl (C=O) groups is 2. The zero-order chi connectivity index (χ0) is 35.6. The smallest absolute Gasteiger partial charge is 0.269 e. The summed E-state index contributed by atoms with van der Waals surface area (Å²) in [5.74, 6) is 0.496. The number of nitrogens with one attached hydrogen (secondary N) is 2. The van der Waals surface area contributed by atoms with Gasteiger partial charge >= 0.3 is 0 Å². The highest BCUT2D eigenvalue weighted by atomic mass is 79.9. The lowest BCUT2D eigenvalue weighted by Gasteiger charge is -2.19. The van der Waals surface area contributed by atoms with Crippen LogP contribution >= 0.6 is 63.7 Å². The Morgan fingerprint density at radius 2 is 0.958 bits per heavy atom. The van der Waals surface area contributed by atoms with Crippen LogP contribution in [0.15, 0.2) is 52.5 Å². The van der Waals surface area contributed by atoms with Crippen LogP contribution in [0.5, 0.6) is 11.5 Å². The van der Waals surface area contributed by atoms with Gasteiger partial charge in [-0.2, -0.15) is 0 Å². The number of halogens is 4. The molecule has 0 aliphatic rings. The molecule has 0 radical (unpaired) electrons. The summed E-state index contributed by atoms with van der Waals surface area (Å²) in [7, 11) is 7.26. The van der Waals surface area contributed by atoms with Gasteiger partial charge in [0.15, 0.2) is 0 Å². The predicted octanol–water partition coefficient (Wildman–Crippen LogP) is 5.86. The Balaban J connectivity index is 1.58. The van der Waals surface area contributed by atoms with Crippen molar-refractivity contribution in [2.75, 3.05) is 67.6 Å². The lowest BCUT2D eigenvalue weighted by atomic mass is 10.1. The van der Waals surface area contributed by atoms with Gasteiger partial charge in [0, 0.05) is 25.9 Å². The Morgan fingerprint density at radius 1 is 0.646 bits per heavy atom. The van der Waals surface area contributed by atoms with E-state index in [-0.39, 0.29) is 24.3 Å². The van der Waals surface area contributed by atoms with Gasteiger partial charge in [0.05, 0.1) is 32.1 Å². The number of amides is 2. The fourth-order valence-corrected chi connectivity index (χ4v) is 8.03. The Kier molecular flexibility index (Phi) is 19.6. The topological polar surface area (TPSA) is 148 Å². The normalized spacial score (nSPS) is 12.0. The summed E-state index contributed by atoms with van der Waals surface area (Å²) in [6.45, 7) is 4.47. The van der Waals surface area contributed by atoms with Crippen LogP contribution in [-0.2, 0) is 22.4 Å². The number of benzene rings is 2. The summed E-state index contributed by atoms with van der Waals surface area (Å²) in [5, 5.41) is 30.9. The van der Waals surface area contributed by atoms with Crippen molar-refractivity contribution in [2.24, 2.45) is 10.3 Å². The monoisotopic (exact) mass is 924 g/mol. The van der Waals surface area contributed by atoms with E-state index in [1.54, 1.807) is 14.2 Å².